The molecule has 0 unspecified atom stereocenters. The van der Waals surface area contributed by atoms with Gasteiger partial charge in [0.1, 0.15) is 5.82 Å². The number of hydrogen-bond donors (Lipinski definition) is 2. The maximum Gasteiger partial charge on any atom is 0.222 e. The zero-order valence-electron chi connectivity index (χ0n) is 14.1. The van der Waals surface area contributed by atoms with Crippen LogP contribution >= 0.6 is 15.9 Å². The number of nitriles is 1. The van der Waals surface area contributed by atoms with E-state index < -0.39 is 0 Å². The van der Waals surface area contributed by atoms with Crippen molar-refractivity contribution < 1.29 is 0 Å². The van der Waals surface area contributed by atoms with E-state index in [0.29, 0.717) is 11.4 Å². The number of hydrogen-bond acceptors (Lipinski definition) is 5. The molecule has 0 saturated heterocycles. The van der Waals surface area contributed by atoms with E-state index in [1.165, 1.54) is 0 Å². The summed E-state index contributed by atoms with van der Waals surface area (Å²) in [5.74, 6) is 0.859. The zero-order chi connectivity index (χ0) is 18.8. The fourth-order valence-electron chi connectivity index (χ4n) is 2.86. The largest absolute Gasteiger partial charge is 0.368 e. The number of anilines is 3. The number of nitrogen functional groups attached to an aromatic ring is 1. The van der Waals surface area contributed by atoms with E-state index in [1.54, 1.807) is 12.1 Å². The molecule has 3 N–H and O–H groups in total. The maximum absolute atomic E-state index is 8.97. The average Bonchev–Trinajstić information content (AvgIpc) is 2.68. The Bertz CT molecular complexity index is 1180. The number of nitrogens with one attached hydrogen (secondary N) is 1. The number of fused-ring (bicyclic) bond motifs is 1. The molecule has 0 spiro atoms. The molecule has 0 aliphatic carbocycles. The SMILES string of the molecule is N#Cc1ccc(-c2ccc3nc(N)nc(Nc4cccc(Br)c4)c3c2)cc1. The number of rotatable bonds is 3. The zero-order valence-corrected chi connectivity index (χ0v) is 15.7. The minimum absolute atomic E-state index is 0.214. The quantitative estimate of drug-likeness (QED) is 0.476. The van der Waals surface area contributed by atoms with Crippen molar-refractivity contribution in [2.24, 2.45) is 0 Å². The highest BCUT2D eigenvalue weighted by Gasteiger charge is 2.09. The summed E-state index contributed by atoms with van der Waals surface area (Å²) in [5, 5.41) is 13.2. The van der Waals surface area contributed by atoms with Crippen molar-refractivity contribution in [1.29, 1.82) is 5.26 Å². The molecule has 6 heteroatoms. The van der Waals surface area contributed by atoms with E-state index in [-0.39, 0.29) is 5.95 Å². The Kier molecular flexibility index (Phi) is 4.45. The fraction of sp³-hybridized carbons (Fsp3) is 0. The second kappa shape index (κ2) is 7.06. The van der Waals surface area contributed by atoms with Crippen LogP contribution in [0.25, 0.3) is 22.0 Å². The van der Waals surface area contributed by atoms with Crippen LogP contribution in [0.15, 0.2) is 71.2 Å². The Balaban J connectivity index is 1.81. The summed E-state index contributed by atoms with van der Waals surface area (Å²) in [6.45, 7) is 0. The van der Waals surface area contributed by atoms with Crippen molar-refractivity contribution in [3.8, 4) is 17.2 Å². The minimum atomic E-state index is 0.214. The lowest BCUT2D eigenvalue weighted by Gasteiger charge is -2.11. The molecular formula is C21H14BrN5. The molecule has 0 fully saturated rings. The third-order valence-corrected chi connectivity index (χ3v) is 4.64. The highest BCUT2D eigenvalue weighted by Crippen LogP contribution is 2.30. The Morgan fingerprint density at radius 2 is 1.70 bits per heavy atom. The molecule has 0 radical (unpaired) electrons. The second-order valence-electron chi connectivity index (χ2n) is 5.99. The van der Waals surface area contributed by atoms with E-state index in [1.807, 2.05) is 54.6 Å². The van der Waals surface area contributed by atoms with Crippen LogP contribution in [0.1, 0.15) is 5.56 Å². The van der Waals surface area contributed by atoms with Gasteiger partial charge in [0.15, 0.2) is 0 Å². The van der Waals surface area contributed by atoms with Gasteiger partial charge >= 0.3 is 0 Å². The minimum Gasteiger partial charge on any atom is -0.368 e. The number of benzene rings is 3. The van der Waals surface area contributed by atoms with Gasteiger partial charge in [0, 0.05) is 15.5 Å². The molecule has 3 aromatic carbocycles. The molecule has 4 aromatic rings. The van der Waals surface area contributed by atoms with Crippen molar-refractivity contribution in [1.82, 2.24) is 9.97 Å². The molecule has 5 nitrogen and oxygen atoms in total. The molecule has 0 amide bonds. The fourth-order valence-corrected chi connectivity index (χ4v) is 3.26. The van der Waals surface area contributed by atoms with Gasteiger partial charge in [-0.3, -0.25) is 0 Å². The Morgan fingerprint density at radius 1 is 0.926 bits per heavy atom. The number of halogens is 1. The molecule has 1 aromatic heterocycles. The van der Waals surface area contributed by atoms with E-state index in [2.05, 4.69) is 37.3 Å². The number of nitrogens with zero attached hydrogens (tertiary/aromatic N) is 3. The van der Waals surface area contributed by atoms with Crippen molar-refractivity contribution in [3.05, 3.63) is 76.8 Å². The third-order valence-electron chi connectivity index (χ3n) is 4.15. The van der Waals surface area contributed by atoms with Crippen LogP contribution in [0.3, 0.4) is 0 Å². The standard InChI is InChI=1S/C21H14BrN5/c22-16-2-1-3-17(11-16)25-20-18-10-15(8-9-19(18)26-21(24)27-20)14-6-4-13(12-23)5-7-14/h1-11H,(H3,24,25,26,27). The van der Waals surface area contributed by atoms with E-state index in [0.717, 1.165) is 32.2 Å². The van der Waals surface area contributed by atoms with Gasteiger partial charge in [0.25, 0.3) is 0 Å². The normalized spacial score (nSPS) is 10.5. The van der Waals surface area contributed by atoms with Gasteiger partial charge in [-0.05, 0) is 53.6 Å². The van der Waals surface area contributed by atoms with Crippen molar-refractivity contribution in [3.63, 3.8) is 0 Å². The molecule has 27 heavy (non-hydrogen) atoms. The second-order valence-corrected chi connectivity index (χ2v) is 6.90. The van der Waals surface area contributed by atoms with Gasteiger partial charge < -0.3 is 11.1 Å². The Morgan fingerprint density at radius 3 is 2.44 bits per heavy atom. The first-order chi connectivity index (χ1) is 13.1. The maximum atomic E-state index is 8.97. The molecule has 0 saturated carbocycles. The molecular weight excluding hydrogens is 402 g/mol. The summed E-state index contributed by atoms with van der Waals surface area (Å²) in [4.78, 5) is 8.72. The van der Waals surface area contributed by atoms with Crippen molar-refractivity contribution in [2.45, 2.75) is 0 Å². The predicted octanol–water partition coefficient (Wildman–Crippen LogP) is 5.26. The highest BCUT2D eigenvalue weighted by atomic mass is 79.9. The molecule has 0 aliphatic heterocycles. The summed E-state index contributed by atoms with van der Waals surface area (Å²) >= 11 is 3.47. The molecule has 1 heterocycles. The Hall–Kier alpha value is -3.43. The van der Waals surface area contributed by atoms with Gasteiger partial charge in [0.05, 0.1) is 17.1 Å². The van der Waals surface area contributed by atoms with Crippen LogP contribution in [0.5, 0.6) is 0 Å². The van der Waals surface area contributed by atoms with Gasteiger partial charge in [-0.1, -0.05) is 40.2 Å². The summed E-state index contributed by atoms with van der Waals surface area (Å²) < 4.78 is 0.970. The lowest BCUT2D eigenvalue weighted by atomic mass is 10.0. The summed E-state index contributed by atoms with van der Waals surface area (Å²) in [6, 6.07) is 23.4. The van der Waals surface area contributed by atoms with Crippen LogP contribution in [0.4, 0.5) is 17.5 Å². The topological polar surface area (TPSA) is 87.6 Å². The van der Waals surface area contributed by atoms with Crippen molar-refractivity contribution >= 4 is 44.3 Å². The van der Waals surface area contributed by atoms with E-state index >= 15 is 0 Å². The smallest absolute Gasteiger partial charge is 0.222 e. The van der Waals surface area contributed by atoms with Crippen LogP contribution in [0, 0.1) is 11.3 Å². The van der Waals surface area contributed by atoms with Crippen LogP contribution in [0.2, 0.25) is 0 Å². The van der Waals surface area contributed by atoms with E-state index in [9.17, 15) is 0 Å². The first-order valence-electron chi connectivity index (χ1n) is 8.23. The van der Waals surface area contributed by atoms with Crippen LogP contribution in [-0.2, 0) is 0 Å². The van der Waals surface area contributed by atoms with Crippen LogP contribution < -0.4 is 11.1 Å². The van der Waals surface area contributed by atoms with Crippen molar-refractivity contribution in [2.75, 3.05) is 11.1 Å². The van der Waals surface area contributed by atoms with Gasteiger partial charge in [-0.2, -0.15) is 10.2 Å². The third kappa shape index (κ3) is 3.59. The monoisotopic (exact) mass is 415 g/mol. The Labute approximate surface area is 164 Å². The molecule has 130 valence electrons. The molecule has 0 aliphatic rings. The first-order valence-corrected chi connectivity index (χ1v) is 9.02. The summed E-state index contributed by atoms with van der Waals surface area (Å²) in [6.07, 6.45) is 0. The van der Waals surface area contributed by atoms with Crippen LogP contribution in [-0.4, -0.2) is 9.97 Å². The summed E-state index contributed by atoms with van der Waals surface area (Å²) in [7, 11) is 0. The lowest BCUT2D eigenvalue weighted by molar-refractivity contribution is 1.23. The van der Waals surface area contributed by atoms with Gasteiger partial charge in [-0.25, -0.2) is 4.98 Å². The molecule has 4 rings (SSSR count). The van der Waals surface area contributed by atoms with E-state index in [4.69, 9.17) is 11.0 Å². The number of nitrogens with two attached hydrogens (primary N) is 1. The van der Waals surface area contributed by atoms with Gasteiger partial charge in [-0.15, -0.1) is 0 Å². The first kappa shape index (κ1) is 17.0. The molecule has 0 bridgehead atoms. The average molecular weight is 416 g/mol. The molecule has 0 atom stereocenters. The van der Waals surface area contributed by atoms with Gasteiger partial charge in [0.2, 0.25) is 5.95 Å². The number of aromatic nitrogens is 2. The highest BCUT2D eigenvalue weighted by molar-refractivity contribution is 9.10. The summed E-state index contributed by atoms with van der Waals surface area (Å²) in [5.41, 5.74) is 10.2. The predicted molar refractivity (Wildman–Crippen MR) is 112 cm³/mol. The lowest BCUT2D eigenvalue weighted by Crippen LogP contribution is -2.01.